The molecule has 2 aliphatic rings. The zero-order valence-corrected chi connectivity index (χ0v) is 13.1. The monoisotopic (exact) mass is 360 g/mol. The standard InChI is InChI=1S/C14H20N2O9/c17-4-7-6(19)3-9(24-7)14(12(22)11(21)8(5-18)25-14)16-2-1-10(20)15-13(16)23/h1-2,6-9,11-12,17-19,21-22H,3-5H2,(H,15,20,23)/t6-,7+,8+,9?,11+,12+,14+/m0/s1. The molecule has 0 saturated carbocycles. The molecule has 3 rings (SSSR count). The molecule has 140 valence electrons. The van der Waals surface area contributed by atoms with Crippen molar-refractivity contribution in [3.05, 3.63) is 33.1 Å². The van der Waals surface area contributed by atoms with Crippen molar-refractivity contribution in [2.24, 2.45) is 0 Å². The summed E-state index contributed by atoms with van der Waals surface area (Å²) in [4.78, 5) is 25.6. The lowest BCUT2D eigenvalue weighted by Crippen LogP contribution is -2.58. The van der Waals surface area contributed by atoms with Crippen molar-refractivity contribution >= 4 is 0 Å². The van der Waals surface area contributed by atoms with Crippen LogP contribution in [0.15, 0.2) is 21.9 Å². The van der Waals surface area contributed by atoms with E-state index < -0.39 is 66.8 Å². The lowest BCUT2D eigenvalue weighted by atomic mass is 9.94. The first-order valence-electron chi connectivity index (χ1n) is 7.76. The second-order valence-corrected chi connectivity index (χ2v) is 6.16. The molecule has 1 unspecified atom stereocenters. The Morgan fingerprint density at radius 3 is 2.40 bits per heavy atom. The third-order valence-corrected chi connectivity index (χ3v) is 4.71. The van der Waals surface area contributed by atoms with Gasteiger partial charge >= 0.3 is 5.69 Å². The van der Waals surface area contributed by atoms with Gasteiger partial charge < -0.3 is 35.0 Å². The van der Waals surface area contributed by atoms with E-state index in [9.17, 15) is 35.1 Å². The highest BCUT2D eigenvalue weighted by atomic mass is 16.6. The van der Waals surface area contributed by atoms with Gasteiger partial charge in [-0.25, -0.2) is 4.79 Å². The maximum Gasteiger partial charge on any atom is 0.330 e. The van der Waals surface area contributed by atoms with Crippen molar-refractivity contribution in [2.75, 3.05) is 13.2 Å². The number of nitrogens with zero attached hydrogens (tertiary/aromatic N) is 1. The van der Waals surface area contributed by atoms with Gasteiger partial charge in [0.2, 0.25) is 5.72 Å². The lowest BCUT2D eigenvalue weighted by molar-refractivity contribution is -0.221. The first-order valence-corrected chi connectivity index (χ1v) is 7.76. The molecule has 0 bridgehead atoms. The maximum atomic E-state index is 12.3. The van der Waals surface area contributed by atoms with E-state index in [1.165, 1.54) is 0 Å². The van der Waals surface area contributed by atoms with E-state index in [4.69, 9.17) is 9.47 Å². The van der Waals surface area contributed by atoms with E-state index in [-0.39, 0.29) is 6.42 Å². The van der Waals surface area contributed by atoms with Crippen LogP contribution in [0.3, 0.4) is 0 Å². The Balaban J connectivity index is 2.13. The minimum Gasteiger partial charge on any atom is -0.394 e. The van der Waals surface area contributed by atoms with Crippen LogP contribution < -0.4 is 11.2 Å². The number of aromatic amines is 1. The first-order chi connectivity index (χ1) is 11.8. The molecule has 0 aliphatic carbocycles. The number of aliphatic hydroxyl groups is 5. The van der Waals surface area contributed by atoms with Crippen LogP contribution in [-0.4, -0.2) is 84.9 Å². The van der Waals surface area contributed by atoms with E-state index in [1.807, 2.05) is 4.98 Å². The Hall–Kier alpha value is -1.60. The van der Waals surface area contributed by atoms with Gasteiger partial charge in [-0.3, -0.25) is 14.3 Å². The van der Waals surface area contributed by atoms with E-state index >= 15 is 0 Å². The highest BCUT2D eigenvalue weighted by Crippen LogP contribution is 2.43. The van der Waals surface area contributed by atoms with Gasteiger partial charge in [-0.2, -0.15) is 0 Å². The Morgan fingerprint density at radius 1 is 1.20 bits per heavy atom. The molecule has 7 atom stereocenters. The summed E-state index contributed by atoms with van der Waals surface area (Å²) in [7, 11) is 0. The molecule has 0 radical (unpaired) electrons. The average Bonchev–Trinajstić information content (AvgIpc) is 3.07. The van der Waals surface area contributed by atoms with Crippen LogP contribution in [0.1, 0.15) is 6.42 Å². The van der Waals surface area contributed by atoms with Crippen molar-refractivity contribution in [1.29, 1.82) is 0 Å². The highest BCUT2D eigenvalue weighted by Gasteiger charge is 2.62. The molecule has 1 aromatic heterocycles. The number of hydrogen-bond acceptors (Lipinski definition) is 9. The molecule has 2 saturated heterocycles. The smallest absolute Gasteiger partial charge is 0.330 e. The van der Waals surface area contributed by atoms with Crippen LogP contribution in [-0.2, 0) is 15.2 Å². The van der Waals surface area contributed by atoms with Crippen molar-refractivity contribution in [3.63, 3.8) is 0 Å². The summed E-state index contributed by atoms with van der Waals surface area (Å²) >= 11 is 0. The molecule has 0 aromatic carbocycles. The van der Waals surface area contributed by atoms with E-state index in [1.54, 1.807) is 0 Å². The second kappa shape index (κ2) is 6.61. The molecular formula is C14H20N2O9. The molecule has 11 nitrogen and oxygen atoms in total. The van der Waals surface area contributed by atoms with Crippen molar-refractivity contribution in [3.8, 4) is 0 Å². The predicted molar refractivity (Wildman–Crippen MR) is 79.6 cm³/mol. The fraction of sp³-hybridized carbons (Fsp3) is 0.714. The highest BCUT2D eigenvalue weighted by molar-refractivity contribution is 5.07. The topological polar surface area (TPSA) is 174 Å². The summed E-state index contributed by atoms with van der Waals surface area (Å²) in [6.45, 7) is -1.15. The minimum atomic E-state index is -2.00. The molecule has 0 amide bonds. The van der Waals surface area contributed by atoms with Gasteiger partial charge in [0.05, 0.1) is 19.3 Å². The predicted octanol–water partition coefficient (Wildman–Crippen LogP) is -4.19. The molecule has 3 heterocycles. The van der Waals surface area contributed by atoms with E-state index in [2.05, 4.69) is 0 Å². The normalized spacial score (nSPS) is 41.3. The quantitative estimate of drug-likeness (QED) is 0.311. The number of aliphatic hydroxyl groups excluding tert-OH is 5. The number of H-pyrrole nitrogens is 1. The summed E-state index contributed by atoms with van der Waals surface area (Å²) < 4.78 is 12.0. The number of hydrogen-bond donors (Lipinski definition) is 6. The van der Waals surface area contributed by atoms with Crippen LogP contribution in [0.25, 0.3) is 0 Å². The SMILES string of the molecule is O=c1ccn([C@]2(C3C[C@H](O)[C@@H](CO)O3)O[C@H](CO)[C@@H](O)[C@H]2O)c(=O)[nH]1. The molecule has 0 spiro atoms. The minimum absolute atomic E-state index is 0.112. The van der Waals surface area contributed by atoms with Gasteiger partial charge in [0.1, 0.15) is 30.5 Å². The summed E-state index contributed by atoms with van der Waals surface area (Å²) in [6, 6.07) is 1.02. The lowest BCUT2D eigenvalue weighted by Gasteiger charge is -2.38. The number of aromatic nitrogens is 2. The van der Waals surface area contributed by atoms with E-state index in [0.29, 0.717) is 0 Å². The molecule has 6 N–H and O–H groups in total. The Kier molecular flexibility index (Phi) is 4.81. The van der Waals surface area contributed by atoms with Gasteiger partial charge in [0.25, 0.3) is 5.56 Å². The zero-order valence-electron chi connectivity index (χ0n) is 13.1. The Labute approximate surface area is 140 Å². The number of ether oxygens (including phenoxy) is 2. The summed E-state index contributed by atoms with van der Waals surface area (Å²) in [5.41, 5.74) is -3.61. The fourth-order valence-electron chi connectivity index (χ4n) is 3.45. The van der Waals surface area contributed by atoms with Crippen molar-refractivity contribution < 1.29 is 35.0 Å². The number of rotatable bonds is 4. The van der Waals surface area contributed by atoms with Crippen LogP contribution in [0.4, 0.5) is 0 Å². The second-order valence-electron chi connectivity index (χ2n) is 6.16. The third kappa shape index (κ3) is 2.73. The molecule has 2 fully saturated rings. The molecule has 11 heteroatoms. The average molecular weight is 360 g/mol. The van der Waals surface area contributed by atoms with Crippen LogP contribution in [0, 0.1) is 0 Å². The molecule has 1 aromatic rings. The van der Waals surface area contributed by atoms with Gasteiger partial charge in [0, 0.05) is 18.7 Å². The Bertz CT molecular complexity index is 734. The van der Waals surface area contributed by atoms with Crippen LogP contribution >= 0.6 is 0 Å². The van der Waals surface area contributed by atoms with Crippen molar-refractivity contribution in [1.82, 2.24) is 9.55 Å². The molecular weight excluding hydrogens is 340 g/mol. The van der Waals surface area contributed by atoms with Gasteiger partial charge in [-0.05, 0) is 0 Å². The van der Waals surface area contributed by atoms with Gasteiger partial charge in [-0.15, -0.1) is 0 Å². The summed E-state index contributed by atoms with van der Waals surface area (Å²) in [5, 5.41) is 49.4. The summed E-state index contributed by atoms with van der Waals surface area (Å²) in [5.74, 6) is 0. The van der Waals surface area contributed by atoms with Crippen LogP contribution in [0.2, 0.25) is 0 Å². The third-order valence-electron chi connectivity index (χ3n) is 4.71. The number of nitrogens with one attached hydrogen (secondary N) is 1. The van der Waals surface area contributed by atoms with Gasteiger partial charge in [-0.1, -0.05) is 0 Å². The van der Waals surface area contributed by atoms with Crippen molar-refractivity contribution in [2.45, 2.75) is 48.8 Å². The first kappa shape index (κ1) is 18.2. The van der Waals surface area contributed by atoms with Gasteiger partial charge in [0.15, 0.2) is 0 Å². The van der Waals surface area contributed by atoms with Crippen LogP contribution in [0.5, 0.6) is 0 Å². The molecule has 2 aliphatic heterocycles. The summed E-state index contributed by atoms with van der Waals surface area (Å²) in [6.07, 6.45) is -6.71. The Morgan fingerprint density at radius 2 is 1.88 bits per heavy atom. The molecule has 25 heavy (non-hydrogen) atoms. The van der Waals surface area contributed by atoms with E-state index in [0.717, 1.165) is 16.8 Å². The maximum absolute atomic E-state index is 12.3. The largest absolute Gasteiger partial charge is 0.394 e. The zero-order chi connectivity index (χ0) is 18.4. The fourth-order valence-corrected chi connectivity index (χ4v) is 3.45.